The molecule has 0 bridgehead atoms. The molecule has 5 nitrogen and oxygen atoms in total. The number of hydrogen-bond donors (Lipinski definition) is 2. The summed E-state index contributed by atoms with van der Waals surface area (Å²) in [5, 5.41) is 2.96. The maximum atomic E-state index is 10.7. The summed E-state index contributed by atoms with van der Waals surface area (Å²) in [6.07, 6.45) is 4.59. The van der Waals surface area contributed by atoms with E-state index < -0.39 is 0 Å². The normalized spacial score (nSPS) is 22.5. The van der Waals surface area contributed by atoms with Crippen LogP contribution in [0.2, 0.25) is 0 Å². The number of carbonyl (C=O) groups excluding carboxylic acids is 1. The average molecular weight is 298 g/mol. The van der Waals surface area contributed by atoms with Crippen LogP contribution in [0.5, 0.6) is 0 Å². The molecule has 2 aliphatic heterocycles. The predicted octanol–water partition coefficient (Wildman–Crippen LogP) is 1.04. The first-order valence-corrected chi connectivity index (χ1v) is 8.52. The number of nitrogens with one attached hydrogen (secondary N) is 1. The van der Waals surface area contributed by atoms with Crippen LogP contribution < -0.4 is 11.1 Å². The summed E-state index contributed by atoms with van der Waals surface area (Å²) in [6, 6.07) is 0.901. The van der Waals surface area contributed by atoms with Gasteiger partial charge in [0.05, 0.1) is 0 Å². The second kappa shape index (κ2) is 10.1. The van der Waals surface area contributed by atoms with Gasteiger partial charge in [0.1, 0.15) is 0 Å². The molecule has 0 unspecified atom stereocenters. The van der Waals surface area contributed by atoms with Crippen LogP contribution in [0.15, 0.2) is 0 Å². The van der Waals surface area contributed by atoms with Crippen molar-refractivity contribution in [2.24, 2.45) is 5.73 Å². The van der Waals surface area contributed by atoms with Crippen LogP contribution in [0.4, 0.5) is 0 Å². The molecule has 5 heteroatoms. The lowest BCUT2D eigenvalue weighted by atomic mass is 10.1. The Morgan fingerprint density at radius 2 is 1.43 bits per heavy atom. The fraction of sp³-hybridized carbons (Fsp3) is 0.938. The molecule has 1 amide bonds. The number of nitrogens with zero attached hydrogens (tertiary/aromatic N) is 2. The second-order valence-corrected chi connectivity index (χ2v) is 6.18. The minimum absolute atomic E-state index is 0.102. The van der Waals surface area contributed by atoms with Crippen molar-refractivity contribution in [3.8, 4) is 0 Å². The lowest BCUT2D eigenvalue weighted by Gasteiger charge is -2.31. The standard InChI is InChI=1S/C9H18N2O.C7H16N2/c1-3-11-6-4-9(5-7-11)10-8(2)12;1-2-9-5-3-7(8)4-6-9/h9H,3-7H2,1-2H3,(H,10,12);7H,2-6,8H2,1H3. The van der Waals surface area contributed by atoms with Crippen LogP contribution in [0.25, 0.3) is 0 Å². The Bertz CT molecular complexity index is 282. The van der Waals surface area contributed by atoms with Gasteiger partial charge in [-0.1, -0.05) is 13.8 Å². The molecule has 2 rings (SSSR count). The first-order chi connectivity index (χ1) is 10.0. The minimum Gasteiger partial charge on any atom is -0.354 e. The number of likely N-dealkylation sites (tertiary alicyclic amines) is 2. The Kier molecular flexibility index (Phi) is 8.88. The van der Waals surface area contributed by atoms with Crippen LogP contribution in [-0.4, -0.2) is 67.1 Å². The van der Waals surface area contributed by atoms with Crippen LogP contribution in [0.3, 0.4) is 0 Å². The van der Waals surface area contributed by atoms with E-state index in [0.29, 0.717) is 12.1 Å². The molecular weight excluding hydrogens is 264 g/mol. The van der Waals surface area contributed by atoms with Crippen LogP contribution in [0, 0.1) is 0 Å². The Morgan fingerprint density at radius 3 is 1.81 bits per heavy atom. The third-order valence-corrected chi connectivity index (χ3v) is 4.52. The van der Waals surface area contributed by atoms with E-state index in [2.05, 4.69) is 29.0 Å². The highest BCUT2D eigenvalue weighted by molar-refractivity contribution is 5.73. The molecule has 0 aromatic rings. The third-order valence-electron chi connectivity index (χ3n) is 4.52. The molecule has 2 fully saturated rings. The molecular formula is C16H34N4O. The highest BCUT2D eigenvalue weighted by Gasteiger charge is 2.17. The Hall–Kier alpha value is -0.650. The fourth-order valence-corrected chi connectivity index (χ4v) is 2.95. The van der Waals surface area contributed by atoms with Gasteiger partial charge < -0.3 is 20.9 Å². The van der Waals surface area contributed by atoms with E-state index in [4.69, 9.17) is 5.73 Å². The molecule has 21 heavy (non-hydrogen) atoms. The van der Waals surface area contributed by atoms with Gasteiger partial charge in [0, 0.05) is 32.1 Å². The number of carbonyl (C=O) groups is 1. The summed E-state index contributed by atoms with van der Waals surface area (Å²) in [5.41, 5.74) is 5.72. The van der Waals surface area contributed by atoms with Gasteiger partial charge in [-0.05, 0) is 51.9 Å². The predicted molar refractivity (Wildman–Crippen MR) is 88.3 cm³/mol. The van der Waals surface area contributed by atoms with Crippen LogP contribution >= 0.6 is 0 Å². The average Bonchev–Trinajstić information content (AvgIpc) is 2.49. The van der Waals surface area contributed by atoms with Crippen molar-refractivity contribution in [2.45, 2.75) is 58.5 Å². The SMILES string of the molecule is CCN1CCC(N)CC1.CCN1CCC(NC(C)=O)CC1. The molecule has 2 heterocycles. The number of rotatable bonds is 3. The molecule has 0 spiro atoms. The maximum Gasteiger partial charge on any atom is 0.217 e. The topological polar surface area (TPSA) is 61.6 Å². The van der Waals surface area contributed by atoms with E-state index >= 15 is 0 Å². The summed E-state index contributed by atoms with van der Waals surface area (Å²) >= 11 is 0. The number of hydrogen-bond acceptors (Lipinski definition) is 4. The van der Waals surface area contributed by atoms with Gasteiger partial charge in [0.2, 0.25) is 5.91 Å². The largest absolute Gasteiger partial charge is 0.354 e. The lowest BCUT2D eigenvalue weighted by Crippen LogP contribution is -2.43. The van der Waals surface area contributed by atoms with E-state index in [1.54, 1.807) is 6.92 Å². The Morgan fingerprint density at radius 1 is 1.00 bits per heavy atom. The number of piperidine rings is 2. The molecule has 0 saturated carbocycles. The van der Waals surface area contributed by atoms with Crippen molar-refractivity contribution in [1.29, 1.82) is 0 Å². The smallest absolute Gasteiger partial charge is 0.217 e. The number of nitrogens with two attached hydrogens (primary N) is 1. The zero-order chi connectivity index (χ0) is 15.7. The lowest BCUT2D eigenvalue weighted by molar-refractivity contribution is -0.119. The Balaban J connectivity index is 0.000000219. The summed E-state index contributed by atoms with van der Waals surface area (Å²) in [7, 11) is 0. The van der Waals surface area contributed by atoms with Crippen molar-refractivity contribution < 1.29 is 4.79 Å². The molecule has 3 N–H and O–H groups in total. The first-order valence-electron chi connectivity index (χ1n) is 8.52. The fourth-order valence-electron chi connectivity index (χ4n) is 2.95. The van der Waals surface area contributed by atoms with Gasteiger partial charge >= 0.3 is 0 Å². The van der Waals surface area contributed by atoms with Gasteiger partial charge in [-0.3, -0.25) is 4.79 Å². The highest BCUT2D eigenvalue weighted by Crippen LogP contribution is 2.09. The first kappa shape index (κ1) is 18.4. The monoisotopic (exact) mass is 298 g/mol. The van der Waals surface area contributed by atoms with Crippen molar-refractivity contribution in [1.82, 2.24) is 15.1 Å². The van der Waals surface area contributed by atoms with Gasteiger partial charge in [0.25, 0.3) is 0 Å². The molecule has 124 valence electrons. The van der Waals surface area contributed by atoms with Gasteiger partial charge in [-0.25, -0.2) is 0 Å². The van der Waals surface area contributed by atoms with Gasteiger partial charge in [0.15, 0.2) is 0 Å². The van der Waals surface area contributed by atoms with E-state index in [1.807, 2.05) is 0 Å². The van der Waals surface area contributed by atoms with Gasteiger partial charge in [-0.2, -0.15) is 0 Å². The van der Waals surface area contributed by atoms with Crippen molar-refractivity contribution in [3.05, 3.63) is 0 Å². The van der Waals surface area contributed by atoms with E-state index in [1.165, 1.54) is 32.5 Å². The van der Waals surface area contributed by atoms with E-state index in [9.17, 15) is 4.79 Å². The molecule has 0 aromatic heterocycles. The van der Waals surface area contributed by atoms with E-state index in [0.717, 1.165) is 32.5 Å². The molecule has 0 aromatic carbocycles. The van der Waals surface area contributed by atoms with Crippen molar-refractivity contribution in [2.75, 3.05) is 39.3 Å². The highest BCUT2D eigenvalue weighted by atomic mass is 16.1. The van der Waals surface area contributed by atoms with E-state index in [-0.39, 0.29) is 5.91 Å². The molecule has 2 aliphatic rings. The van der Waals surface area contributed by atoms with Crippen LogP contribution in [-0.2, 0) is 4.79 Å². The second-order valence-electron chi connectivity index (χ2n) is 6.18. The van der Waals surface area contributed by atoms with Crippen molar-refractivity contribution in [3.63, 3.8) is 0 Å². The van der Waals surface area contributed by atoms with Crippen LogP contribution in [0.1, 0.15) is 46.5 Å². The third kappa shape index (κ3) is 7.79. The Labute approximate surface area is 130 Å². The molecule has 0 atom stereocenters. The van der Waals surface area contributed by atoms with Gasteiger partial charge in [-0.15, -0.1) is 0 Å². The molecule has 2 saturated heterocycles. The number of amides is 1. The zero-order valence-electron chi connectivity index (χ0n) is 14.1. The quantitative estimate of drug-likeness (QED) is 0.817. The summed E-state index contributed by atoms with van der Waals surface area (Å²) in [5.74, 6) is 0.102. The molecule has 0 radical (unpaired) electrons. The molecule has 0 aliphatic carbocycles. The zero-order valence-corrected chi connectivity index (χ0v) is 14.1. The summed E-state index contributed by atoms with van der Waals surface area (Å²) in [4.78, 5) is 15.6. The summed E-state index contributed by atoms with van der Waals surface area (Å²) in [6.45, 7) is 13.0. The summed E-state index contributed by atoms with van der Waals surface area (Å²) < 4.78 is 0. The maximum absolute atomic E-state index is 10.7. The minimum atomic E-state index is 0.102. The van der Waals surface area contributed by atoms with Crippen molar-refractivity contribution >= 4 is 5.91 Å².